The summed E-state index contributed by atoms with van der Waals surface area (Å²) >= 11 is 0. The van der Waals surface area contributed by atoms with Crippen molar-refractivity contribution < 1.29 is 23.1 Å². The molecule has 1 fully saturated rings. The number of hydrogen-bond donors (Lipinski definition) is 3. The summed E-state index contributed by atoms with van der Waals surface area (Å²) in [5.74, 6) is -1.57. The SMILES string of the molecule is COC1=CCC([C@@H]2CNC(=O)[C@H]2NC(=O)Nc2ccc(F)cc2)C=C1F. The lowest BCUT2D eigenvalue weighted by Crippen LogP contribution is -2.47. The van der Waals surface area contributed by atoms with Crippen LogP contribution in [-0.4, -0.2) is 31.6 Å². The maximum absolute atomic E-state index is 14.0. The van der Waals surface area contributed by atoms with Gasteiger partial charge in [-0.2, -0.15) is 0 Å². The molecular formula is C18H19F2N3O3. The van der Waals surface area contributed by atoms with Gasteiger partial charge in [0.15, 0.2) is 5.83 Å². The molecule has 2 aliphatic rings. The van der Waals surface area contributed by atoms with Gasteiger partial charge in [0, 0.05) is 18.2 Å². The number of methoxy groups -OCH3 is 1. The molecule has 0 bridgehead atoms. The zero-order chi connectivity index (χ0) is 18.7. The van der Waals surface area contributed by atoms with Crippen molar-refractivity contribution in [1.82, 2.24) is 10.6 Å². The number of benzene rings is 1. The molecule has 1 heterocycles. The van der Waals surface area contributed by atoms with Crippen LogP contribution in [0.25, 0.3) is 0 Å². The Bertz CT molecular complexity index is 761. The smallest absolute Gasteiger partial charge is 0.319 e. The highest BCUT2D eigenvalue weighted by Gasteiger charge is 2.40. The third-order valence-corrected chi connectivity index (χ3v) is 4.55. The molecule has 1 aliphatic carbocycles. The van der Waals surface area contributed by atoms with Crippen molar-refractivity contribution in [2.45, 2.75) is 12.5 Å². The minimum absolute atomic E-state index is 0.178. The van der Waals surface area contributed by atoms with E-state index in [0.29, 0.717) is 18.7 Å². The molecule has 26 heavy (non-hydrogen) atoms. The molecule has 0 aromatic heterocycles. The standard InChI is InChI=1S/C18H19F2N3O3/c1-26-15-7-2-10(8-14(15)20)13-9-21-17(24)16(13)23-18(25)22-12-5-3-11(19)4-6-12/h3-8,10,13,16H,2,9H2,1H3,(H,21,24)(H2,22,23,25)/t10?,13-,16-/m0/s1. The number of anilines is 1. The summed E-state index contributed by atoms with van der Waals surface area (Å²) in [4.78, 5) is 24.3. The molecule has 3 atom stereocenters. The lowest BCUT2D eigenvalue weighted by atomic mass is 9.83. The molecule has 8 heteroatoms. The van der Waals surface area contributed by atoms with Crippen molar-refractivity contribution in [1.29, 1.82) is 0 Å². The number of urea groups is 1. The van der Waals surface area contributed by atoms with E-state index in [2.05, 4.69) is 16.0 Å². The Morgan fingerprint density at radius 1 is 1.27 bits per heavy atom. The van der Waals surface area contributed by atoms with Gasteiger partial charge in [0.2, 0.25) is 5.91 Å². The van der Waals surface area contributed by atoms with Crippen LogP contribution in [0.3, 0.4) is 0 Å². The van der Waals surface area contributed by atoms with E-state index in [1.54, 1.807) is 6.08 Å². The largest absolute Gasteiger partial charge is 0.494 e. The second kappa shape index (κ2) is 7.55. The molecule has 1 aliphatic heterocycles. The quantitative estimate of drug-likeness (QED) is 0.769. The first-order chi connectivity index (χ1) is 12.5. The predicted molar refractivity (Wildman–Crippen MR) is 91.2 cm³/mol. The Hall–Kier alpha value is -2.90. The number of halogens is 2. The summed E-state index contributed by atoms with van der Waals surface area (Å²) in [7, 11) is 1.39. The van der Waals surface area contributed by atoms with Gasteiger partial charge in [0.25, 0.3) is 0 Å². The fraction of sp³-hybridized carbons (Fsp3) is 0.333. The Balaban J connectivity index is 1.66. The van der Waals surface area contributed by atoms with Crippen molar-refractivity contribution in [3.63, 3.8) is 0 Å². The van der Waals surface area contributed by atoms with Crippen molar-refractivity contribution in [3.05, 3.63) is 53.8 Å². The molecule has 3 rings (SSSR count). The lowest BCUT2D eigenvalue weighted by Gasteiger charge is -2.26. The minimum atomic E-state index is -0.790. The van der Waals surface area contributed by atoms with E-state index in [0.717, 1.165) is 0 Å². The number of ether oxygens (including phenoxy) is 1. The Labute approximate surface area is 149 Å². The van der Waals surface area contributed by atoms with Crippen LogP contribution in [0.5, 0.6) is 0 Å². The summed E-state index contributed by atoms with van der Waals surface area (Å²) in [5, 5.41) is 7.87. The second-order valence-electron chi connectivity index (χ2n) is 6.18. The number of allylic oxidation sites excluding steroid dienone is 3. The summed E-state index contributed by atoms with van der Waals surface area (Å²) < 4.78 is 31.8. The highest BCUT2D eigenvalue weighted by atomic mass is 19.1. The molecule has 1 saturated heterocycles. The van der Waals surface area contributed by atoms with E-state index < -0.39 is 23.7 Å². The Morgan fingerprint density at radius 3 is 2.65 bits per heavy atom. The fourth-order valence-corrected chi connectivity index (χ4v) is 3.21. The number of carbonyl (C=O) groups is 2. The van der Waals surface area contributed by atoms with Gasteiger partial charge in [-0.3, -0.25) is 4.79 Å². The van der Waals surface area contributed by atoms with E-state index in [1.807, 2.05) is 0 Å². The van der Waals surface area contributed by atoms with Crippen LogP contribution in [0.2, 0.25) is 0 Å². The van der Waals surface area contributed by atoms with Gasteiger partial charge < -0.3 is 20.7 Å². The van der Waals surface area contributed by atoms with Gasteiger partial charge in [-0.25, -0.2) is 13.6 Å². The van der Waals surface area contributed by atoms with Crippen LogP contribution in [0.1, 0.15) is 6.42 Å². The van der Waals surface area contributed by atoms with Gasteiger partial charge in [0.05, 0.1) is 7.11 Å². The maximum atomic E-state index is 14.0. The average Bonchev–Trinajstić information content (AvgIpc) is 2.97. The van der Waals surface area contributed by atoms with E-state index in [4.69, 9.17) is 4.74 Å². The fourth-order valence-electron chi connectivity index (χ4n) is 3.21. The molecule has 1 unspecified atom stereocenters. The highest BCUT2D eigenvalue weighted by molar-refractivity contribution is 5.94. The molecule has 138 valence electrons. The highest BCUT2D eigenvalue weighted by Crippen LogP contribution is 2.32. The molecule has 3 amide bonds. The summed E-state index contributed by atoms with van der Waals surface area (Å²) in [6.45, 7) is 0.338. The number of hydrogen-bond acceptors (Lipinski definition) is 3. The normalized spacial score (nSPS) is 25.0. The van der Waals surface area contributed by atoms with Crippen molar-refractivity contribution in [2.75, 3.05) is 19.0 Å². The molecule has 6 nitrogen and oxygen atoms in total. The second-order valence-corrected chi connectivity index (χ2v) is 6.18. The minimum Gasteiger partial charge on any atom is -0.494 e. The molecular weight excluding hydrogens is 344 g/mol. The van der Waals surface area contributed by atoms with Crippen molar-refractivity contribution in [3.8, 4) is 0 Å². The number of nitrogens with one attached hydrogen (secondary N) is 3. The van der Waals surface area contributed by atoms with Gasteiger partial charge >= 0.3 is 6.03 Å². The zero-order valence-corrected chi connectivity index (χ0v) is 14.1. The monoisotopic (exact) mass is 363 g/mol. The van der Waals surface area contributed by atoms with Gasteiger partial charge in [-0.05, 0) is 48.8 Å². The molecule has 3 N–H and O–H groups in total. The van der Waals surface area contributed by atoms with Crippen LogP contribution in [-0.2, 0) is 9.53 Å². The first kappa shape index (κ1) is 17.9. The van der Waals surface area contributed by atoms with Crippen LogP contribution >= 0.6 is 0 Å². The predicted octanol–water partition coefficient (Wildman–Crippen LogP) is 2.47. The van der Waals surface area contributed by atoms with Gasteiger partial charge in [-0.15, -0.1) is 0 Å². The van der Waals surface area contributed by atoms with E-state index in [1.165, 1.54) is 37.5 Å². The van der Waals surface area contributed by atoms with E-state index >= 15 is 0 Å². The number of carbonyl (C=O) groups excluding carboxylic acids is 2. The van der Waals surface area contributed by atoms with Gasteiger partial charge in [0.1, 0.15) is 17.6 Å². The molecule has 1 aromatic carbocycles. The van der Waals surface area contributed by atoms with E-state index in [9.17, 15) is 18.4 Å². The first-order valence-electron chi connectivity index (χ1n) is 8.20. The van der Waals surface area contributed by atoms with Crippen molar-refractivity contribution in [2.24, 2.45) is 11.8 Å². The van der Waals surface area contributed by atoms with Crippen LogP contribution in [0.4, 0.5) is 19.3 Å². The van der Waals surface area contributed by atoms with Crippen molar-refractivity contribution >= 4 is 17.6 Å². The number of amides is 3. The summed E-state index contributed by atoms with van der Waals surface area (Å²) in [6, 6.07) is 3.89. The topological polar surface area (TPSA) is 79.5 Å². The lowest BCUT2D eigenvalue weighted by molar-refractivity contribution is -0.121. The zero-order valence-electron chi connectivity index (χ0n) is 14.1. The third-order valence-electron chi connectivity index (χ3n) is 4.55. The van der Waals surface area contributed by atoms with Gasteiger partial charge in [-0.1, -0.05) is 0 Å². The number of rotatable bonds is 4. The Morgan fingerprint density at radius 2 is 2.00 bits per heavy atom. The van der Waals surface area contributed by atoms with Crippen LogP contribution < -0.4 is 16.0 Å². The maximum Gasteiger partial charge on any atom is 0.319 e. The molecule has 0 spiro atoms. The Kier molecular flexibility index (Phi) is 5.20. The average molecular weight is 363 g/mol. The third kappa shape index (κ3) is 3.84. The first-order valence-corrected chi connectivity index (χ1v) is 8.20. The summed E-state index contributed by atoms with van der Waals surface area (Å²) in [6.07, 6.45) is 3.57. The summed E-state index contributed by atoms with van der Waals surface area (Å²) in [5.41, 5.74) is 0.398. The van der Waals surface area contributed by atoms with Crippen LogP contribution in [0, 0.1) is 17.7 Å². The van der Waals surface area contributed by atoms with Crippen LogP contribution in [0.15, 0.2) is 48.0 Å². The molecule has 0 saturated carbocycles. The molecule has 1 aromatic rings. The molecule has 0 radical (unpaired) electrons. The van der Waals surface area contributed by atoms with E-state index in [-0.39, 0.29) is 23.5 Å².